The number of aliphatic imine (C=N–C) groups is 1. The molecule has 1 saturated carbocycles. The van der Waals surface area contributed by atoms with E-state index >= 15 is 0 Å². The van der Waals surface area contributed by atoms with Crippen LogP contribution in [0.2, 0.25) is 0 Å². The third kappa shape index (κ3) is 8.46. The van der Waals surface area contributed by atoms with E-state index in [1.807, 2.05) is 18.2 Å². The molecule has 1 fully saturated rings. The number of guanidine groups is 1. The number of thioether (sulfide) groups is 1. The second-order valence-electron chi connectivity index (χ2n) is 8.43. The lowest BCUT2D eigenvalue weighted by Gasteiger charge is -2.15. The molecule has 2 aromatic rings. The van der Waals surface area contributed by atoms with Gasteiger partial charge in [-0.15, -0.1) is 34.2 Å². The van der Waals surface area contributed by atoms with Gasteiger partial charge in [0.15, 0.2) is 11.1 Å². The van der Waals surface area contributed by atoms with E-state index in [2.05, 4.69) is 56.6 Å². The van der Waals surface area contributed by atoms with E-state index in [1.54, 1.807) is 18.8 Å². The minimum absolute atomic E-state index is 0. The van der Waals surface area contributed by atoms with Gasteiger partial charge in [-0.05, 0) is 43.4 Å². The fourth-order valence-corrected chi connectivity index (χ4v) is 3.86. The van der Waals surface area contributed by atoms with Gasteiger partial charge in [-0.25, -0.2) is 0 Å². The first-order valence-electron chi connectivity index (χ1n) is 11.2. The SMILES string of the molecule is CN=C(NCCCc1nnc(SC)n1CC(C)C)NCc1ccccc1OCC1CC1.I. The van der Waals surface area contributed by atoms with E-state index in [-0.39, 0.29) is 24.0 Å². The summed E-state index contributed by atoms with van der Waals surface area (Å²) in [4.78, 5) is 4.35. The Balaban J connectivity index is 0.00000363. The van der Waals surface area contributed by atoms with Crippen LogP contribution in [0.25, 0.3) is 0 Å². The Morgan fingerprint density at radius 1 is 1.25 bits per heavy atom. The van der Waals surface area contributed by atoms with Crippen molar-refractivity contribution in [3.05, 3.63) is 35.7 Å². The summed E-state index contributed by atoms with van der Waals surface area (Å²) in [7, 11) is 1.80. The average Bonchev–Trinajstić information content (AvgIpc) is 3.53. The van der Waals surface area contributed by atoms with Gasteiger partial charge in [0.25, 0.3) is 0 Å². The molecule has 0 spiro atoms. The Bertz CT molecular complexity index is 853. The summed E-state index contributed by atoms with van der Waals surface area (Å²) >= 11 is 1.65. The van der Waals surface area contributed by atoms with Crippen LogP contribution in [0.4, 0.5) is 0 Å². The Morgan fingerprint density at radius 3 is 2.72 bits per heavy atom. The van der Waals surface area contributed by atoms with E-state index in [9.17, 15) is 0 Å². The van der Waals surface area contributed by atoms with Gasteiger partial charge in [0.05, 0.1) is 6.61 Å². The zero-order valence-electron chi connectivity index (χ0n) is 19.6. The largest absolute Gasteiger partial charge is 0.493 e. The lowest BCUT2D eigenvalue weighted by molar-refractivity contribution is 0.296. The molecule has 0 atom stereocenters. The highest BCUT2D eigenvalue weighted by atomic mass is 127. The van der Waals surface area contributed by atoms with Crippen LogP contribution < -0.4 is 15.4 Å². The Labute approximate surface area is 213 Å². The molecule has 1 heterocycles. The number of rotatable bonds is 12. The molecular weight excluding hydrogens is 535 g/mol. The molecule has 32 heavy (non-hydrogen) atoms. The topological polar surface area (TPSA) is 76.4 Å². The van der Waals surface area contributed by atoms with Gasteiger partial charge in [0, 0.05) is 38.7 Å². The number of hydrogen-bond acceptors (Lipinski definition) is 5. The predicted molar refractivity (Wildman–Crippen MR) is 143 cm³/mol. The van der Waals surface area contributed by atoms with E-state index in [4.69, 9.17) is 4.74 Å². The van der Waals surface area contributed by atoms with Crippen LogP contribution in [0.1, 0.15) is 44.5 Å². The minimum Gasteiger partial charge on any atom is -0.493 e. The normalized spacial score (nSPS) is 13.7. The number of hydrogen-bond donors (Lipinski definition) is 2. The van der Waals surface area contributed by atoms with Gasteiger partial charge in [-0.1, -0.05) is 43.8 Å². The standard InChI is InChI=1S/C23H36N6OS.HI/c1-17(2)15-29-21(27-28-23(29)31-4)10-7-13-25-22(24-3)26-14-19-8-5-6-9-20(19)30-16-18-11-12-18;/h5-6,8-9,17-18H,7,10-16H2,1-4H3,(H2,24,25,26);1H. The minimum atomic E-state index is 0. The first kappa shape index (κ1) is 26.8. The molecule has 1 aromatic carbocycles. The molecule has 0 bridgehead atoms. The Hall–Kier alpha value is -1.49. The van der Waals surface area contributed by atoms with Crippen LogP contribution in [-0.2, 0) is 19.5 Å². The molecule has 1 aromatic heterocycles. The number of nitrogens with one attached hydrogen (secondary N) is 2. The van der Waals surface area contributed by atoms with Crippen LogP contribution in [0.3, 0.4) is 0 Å². The molecule has 9 heteroatoms. The fourth-order valence-electron chi connectivity index (χ4n) is 3.34. The van der Waals surface area contributed by atoms with E-state index in [1.165, 1.54) is 12.8 Å². The molecule has 0 aliphatic heterocycles. The number of para-hydroxylation sites is 1. The van der Waals surface area contributed by atoms with Crippen molar-refractivity contribution in [1.82, 2.24) is 25.4 Å². The van der Waals surface area contributed by atoms with E-state index < -0.39 is 0 Å². The van der Waals surface area contributed by atoms with Gasteiger partial charge in [-0.2, -0.15) is 0 Å². The van der Waals surface area contributed by atoms with Crippen LogP contribution in [-0.4, -0.2) is 47.2 Å². The van der Waals surface area contributed by atoms with E-state index in [0.717, 1.165) is 66.7 Å². The maximum atomic E-state index is 6.01. The second kappa shape index (κ2) is 13.9. The molecule has 0 amide bonds. The van der Waals surface area contributed by atoms with Crippen LogP contribution in [0.15, 0.2) is 34.4 Å². The molecule has 7 nitrogen and oxygen atoms in total. The van der Waals surface area contributed by atoms with Gasteiger partial charge >= 0.3 is 0 Å². The third-order valence-corrected chi connectivity index (χ3v) is 5.87. The first-order valence-corrected chi connectivity index (χ1v) is 12.4. The van der Waals surface area contributed by atoms with Crippen molar-refractivity contribution in [1.29, 1.82) is 0 Å². The summed E-state index contributed by atoms with van der Waals surface area (Å²) in [6.07, 6.45) is 6.50. The van der Waals surface area contributed by atoms with Crippen LogP contribution in [0.5, 0.6) is 5.75 Å². The highest BCUT2D eigenvalue weighted by Crippen LogP contribution is 2.30. The molecule has 0 unspecified atom stereocenters. The van der Waals surface area contributed by atoms with Crippen LogP contribution in [0, 0.1) is 11.8 Å². The van der Waals surface area contributed by atoms with Crippen molar-refractivity contribution in [2.75, 3.05) is 26.5 Å². The van der Waals surface area contributed by atoms with Crippen LogP contribution >= 0.6 is 35.7 Å². The number of aryl methyl sites for hydroxylation is 1. The molecule has 0 radical (unpaired) electrons. The number of ether oxygens (including phenoxy) is 1. The number of benzene rings is 1. The number of nitrogens with zero attached hydrogens (tertiary/aromatic N) is 4. The fraction of sp³-hybridized carbons (Fsp3) is 0.609. The summed E-state index contributed by atoms with van der Waals surface area (Å²) in [5.74, 6) is 4.13. The van der Waals surface area contributed by atoms with Crippen molar-refractivity contribution in [2.24, 2.45) is 16.8 Å². The van der Waals surface area contributed by atoms with Crippen molar-refractivity contribution in [3.63, 3.8) is 0 Å². The Kier molecular flexibility index (Phi) is 11.6. The van der Waals surface area contributed by atoms with Crippen molar-refractivity contribution in [2.45, 2.75) is 57.8 Å². The molecular formula is C23H37IN6OS. The molecule has 3 rings (SSSR count). The quantitative estimate of drug-likeness (QED) is 0.130. The van der Waals surface area contributed by atoms with Crippen molar-refractivity contribution < 1.29 is 4.74 Å². The smallest absolute Gasteiger partial charge is 0.191 e. The summed E-state index contributed by atoms with van der Waals surface area (Å²) in [6.45, 7) is 7.73. The zero-order valence-corrected chi connectivity index (χ0v) is 22.8. The molecule has 178 valence electrons. The van der Waals surface area contributed by atoms with Gasteiger partial charge < -0.3 is 19.9 Å². The van der Waals surface area contributed by atoms with Gasteiger partial charge in [0.2, 0.25) is 0 Å². The average molecular weight is 573 g/mol. The Morgan fingerprint density at radius 2 is 2.03 bits per heavy atom. The second-order valence-corrected chi connectivity index (χ2v) is 9.20. The van der Waals surface area contributed by atoms with Crippen molar-refractivity contribution >= 4 is 41.7 Å². The third-order valence-electron chi connectivity index (χ3n) is 5.21. The highest BCUT2D eigenvalue weighted by Gasteiger charge is 2.22. The first-order chi connectivity index (χ1) is 15.1. The van der Waals surface area contributed by atoms with Gasteiger partial charge in [0.1, 0.15) is 11.6 Å². The molecule has 2 N–H and O–H groups in total. The highest BCUT2D eigenvalue weighted by molar-refractivity contribution is 14.0. The molecule has 0 saturated heterocycles. The monoisotopic (exact) mass is 572 g/mol. The number of halogens is 1. The summed E-state index contributed by atoms with van der Waals surface area (Å²) in [5.41, 5.74) is 1.15. The molecule has 1 aliphatic carbocycles. The predicted octanol–water partition coefficient (Wildman–Crippen LogP) is 4.36. The lowest BCUT2D eigenvalue weighted by atomic mass is 10.2. The summed E-state index contributed by atoms with van der Waals surface area (Å²) < 4.78 is 8.26. The maximum Gasteiger partial charge on any atom is 0.191 e. The number of aromatic nitrogens is 3. The summed E-state index contributed by atoms with van der Waals surface area (Å²) in [5, 5.41) is 16.5. The summed E-state index contributed by atoms with van der Waals surface area (Å²) in [6, 6.07) is 8.23. The van der Waals surface area contributed by atoms with Crippen molar-refractivity contribution in [3.8, 4) is 5.75 Å². The van der Waals surface area contributed by atoms with E-state index in [0.29, 0.717) is 12.5 Å². The zero-order chi connectivity index (χ0) is 22.1. The molecule has 1 aliphatic rings. The maximum absolute atomic E-state index is 6.01. The van der Waals surface area contributed by atoms with Gasteiger partial charge in [-0.3, -0.25) is 4.99 Å². The lowest BCUT2D eigenvalue weighted by Crippen LogP contribution is -2.37.